The number of aromatic nitrogens is 2. The molecular weight excluding hydrogens is 340 g/mol. The third-order valence-electron chi connectivity index (χ3n) is 4.32. The van der Waals surface area contributed by atoms with Crippen molar-refractivity contribution in [2.24, 2.45) is 5.92 Å². The van der Waals surface area contributed by atoms with Crippen molar-refractivity contribution in [3.8, 4) is 0 Å². The van der Waals surface area contributed by atoms with E-state index in [-0.39, 0.29) is 18.2 Å². The summed E-state index contributed by atoms with van der Waals surface area (Å²) in [6.45, 7) is 0.346. The summed E-state index contributed by atoms with van der Waals surface area (Å²) < 4.78 is 0. The van der Waals surface area contributed by atoms with Gasteiger partial charge >= 0.3 is 0 Å². The fourth-order valence-corrected chi connectivity index (χ4v) is 3.23. The number of rotatable bonds is 3. The molecule has 25 heavy (non-hydrogen) atoms. The van der Waals surface area contributed by atoms with Gasteiger partial charge in [-0.15, -0.1) is 0 Å². The zero-order chi connectivity index (χ0) is 17.4. The molecule has 4 rings (SSSR count). The number of H-pyrrole nitrogens is 1. The van der Waals surface area contributed by atoms with Gasteiger partial charge in [0.2, 0.25) is 11.8 Å². The first-order chi connectivity index (χ1) is 12.1. The average molecular weight is 355 g/mol. The third kappa shape index (κ3) is 3.08. The number of carbonyl (C=O) groups is 2. The lowest BCUT2D eigenvalue weighted by atomic mass is 10.1. The van der Waals surface area contributed by atoms with Crippen molar-refractivity contribution < 1.29 is 9.59 Å². The molecular formula is C18H15ClN4O2. The van der Waals surface area contributed by atoms with E-state index in [9.17, 15) is 9.59 Å². The Morgan fingerprint density at radius 2 is 2.16 bits per heavy atom. The van der Waals surface area contributed by atoms with Gasteiger partial charge in [-0.2, -0.15) is 5.10 Å². The van der Waals surface area contributed by atoms with Crippen molar-refractivity contribution in [1.29, 1.82) is 0 Å². The molecule has 0 bridgehead atoms. The molecule has 2 N–H and O–H groups in total. The first-order valence-corrected chi connectivity index (χ1v) is 8.28. The van der Waals surface area contributed by atoms with E-state index in [1.54, 1.807) is 29.3 Å². The molecule has 0 unspecified atom stereocenters. The Morgan fingerprint density at radius 3 is 3.00 bits per heavy atom. The van der Waals surface area contributed by atoms with E-state index >= 15 is 0 Å². The summed E-state index contributed by atoms with van der Waals surface area (Å²) in [5.74, 6) is -0.639. The van der Waals surface area contributed by atoms with Crippen LogP contribution in [-0.2, 0) is 9.59 Å². The highest BCUT2D eigenvalue weighted by Gasteiger charge is 2.35. The number of aromatic amines is 1. The zero-order valence-corrected chi connectivity index (χ0v) is 14.0. The number of amides is 2. The molecule has 7 heteroatoms. The average Bonchev–Trinajstić information content (AvgIpc) is 3.20. The van der Waals surface area contributed by atoms with Crippen LogP contribution in [0.15, 0.2) is 48.7 Å². The lowest BCUT2D eigenvalue weighted by Gasteiger charge is -2.17. The minimum absolute atomic E-state index is 0.0762. The topological polar surface area (TPSA) is 78.1 Å². The van der Waals surface area contributed by atoms with Crippen LogP contribution in [-0.4, -0.2) is 28.6 Å². The standard InChI is InChI=1S/C18H15ClN4O2/c19-13-2-1-3-15(8-13)23-10-12(7-17(23)24)18(25)21-14-4-5-16-11(6-14)9-20-22-16/h1-6,8-9,12H,7,10H2,(H,20,22)(H,21,25)/t12-/m0/s1. The summed E-state index contributed by atoms with van der Waals surface area (Å²) in [5, 5.41) is 11.2. The molecule has 1 saturated heterocycles. The highest BCUT2D eigenvalue weighted by atomic mass is 35.5. The number of halogens is 1. The molecule has 0 radical (unpaired) electrons. The maximum absolute atomic E-state index is 12.5. The normalized spacial score (nSPS) is 17.2. The van der Waals surface area contributed by atoms with Crippen LogP contribution in [0, 0.1) is 5.92 Å². The first kappa shape index (κ1) is 15.7. The van der Waals surface area contributed by atoms with Crippen LogP contribution < -0.4 is 10.2 Å². The summed E-state index contributed by atoms with van der Waals surface area (Å²) >= 11 is 5.99. The lowest BCUT2D eigenvalue weighted by molar-refractivity contribution is -0.122. The molecule has 0 aliphatic carbocycles. The van der Waals surface area contributed by atoms with Gasteiger partial charge in [-0.3, -0.25) is 14.7 Å². The third-order valence-corrected chi connectivity index (χ3v) is 4.56. The number of nitrogens with one attached hydrogen (secondary N) is 2. The lowest BCUT2D eigenvalue weighted by Crippen LogP contribution is -2.28. The Labute approximate surface area is 148 Å². The van der Waals surface area contributed by atoms with Crippen LogP contribution in [0.25, 0.3) is 10.9 Å². The van der Waals surface area contributed by atoms with Crippen molar-refractivity contribution in [1.82, 2.24) is 10.2 Å². The maximum Gasteiger partial charge on any atom is 0.229 e. The second kappa shape index (κ2) is 6.22. The molecule has 3 aromatic rings. The summed E-state index contributed by atoms with van der Waals surface area (Å²) in [5.41, 5.74) is 2.31. The number of hydrogen-bond acceptors (Lipinski definition) is 3. The predicted octanol–water partition coefficient (Wildman–Crippen LogP) is 3.21. The van der Waals surface area contributed by atoms with Gasteiger partial charge in [0, 0.05) is 34.7 Å². The van der Waals surface area contributed by atoms with Gasteiger partial charge in [0.05, 0.1) is 17.6 Å². The van der Waals surface area contributed by atoms with E-state index in [1.165, 1.54) is 0 Å². The second-order valence-electron chi connectivity index (χ2n) is 6.05. The van der Waals surface area contributed by atoms with Crippen molar-refractivity contribution in [3.63, 3.8) is 0 Å². The number of benzene rings is 2. The van der Waals surface area contributed by atoms with Crippen molar-refractivity contribution in [2.45, 2.75) is 6.42 Å². The summed E-state index contributed by atoms with van der Waals surface area (Å²) in [6, 6.07) is 12.6. The molecule has 2 amide bonds. The fraction of sp³-hybridized carbons (Fsp3) is 0.167. The maximum atomic E-state index is 12.5. The van der Waals surface area contributed by atoms with Crippen LogP contribution in [0.5, 0.6) is 0 Å². The number of nitrogens with zero attached hydrogens (tertiary/aromatic N) is 2. The molecule has 2 heterocycles. The molecule has 126 valence electrons. The first-order valence-electron chi connectivity index (χ1n) is 7.90. The SMILES string of the molecule is O=C(Nc1ccc2[nH]ncc2c1)[C@H]1CC(=O)N(c2cccc(Cl)c2)C1. The van der Waals surface area contributed by atoms with E-state index in [1.807, 2.05) is 24.3 Å². The summed E-state index contributed by atoms with van der Waals surface area (Å²) in [7, 11) is 0. The quantitative estimate of drug-likeness (QED) is 0.758. The fourth-order valence-electron chi connectivity index (χ4n) is 3.04. The Balaban J connectivity index is 1.48. The zero-order valence-electron chi connectivity index (χ0n) is 13.2. The predicted molar refractivity (Wildman–Crippen MR) is 96.6 cm³/mol. The molecule has 1 aliphatic rings. The van der Waals surface area contributed by atoms with E-state index in [4.69, 9.17) is 11.6 Å². The van der Waals surface area contributed by atoms with Crippen molar-refractivity contribution in [3.05, 3.63) is 53.7 Å². The monoisotopic (exact) mass is 354 g/mol. The largest absolute Gasteiger partial charge is 0.326 e. The van der Waals surface area contributed by atoms with E-state index in [0.717, 1.165) is 10.9 Å². The Bertz CT molecular complexity index is 968. The second-order valence-corrected chi connectivity index (χ2v) is 6.48. The van der Waals surface area contributed by atoms with Crippen LogP contribution in [0.3, 0.4) is 0 Å². The van der Waals surface area contributed by atoms with E-state index in [0.29, 0.717) is 22.9 Å². The molecule has 0 spiro atoms. The molecule has 6 nitrogen and oxygen atoms in total. The number of fused-ring (bicyclic) bond motifs is 1. The highest BCUT2D eigenvalue weighted by molar-refractivity contribution is 6.31. The number of hydrogen-bond donors (Lipinski definition) is 2. The van der Waals surface area contributed by atoms with Crippen LogP contribution in [0.2, 0.25) is 5.02 Å². The van der Waals surface area contributed by atoms with Gasteiger partial charge in [0.15, 0.2) is 0 Å². The van der Waals surface area contributed by atoms with E-state index in [2.05, 4.69) is 15.5 Å². The van der Waals surface area contributed by atoms with Gasteiger partial charge in [0.1, 0.15) is 0 Å². The molecule has 1 atom stereocenters. The minimum atomic E-state index is -0.397. The van der Waals surface area contributed by atoms with Crippen LogP contribution in [0.1, 0.15) is 6.42 Å². The van der Waals surface area contributed by atoms with Gasteiger partial charge in [-0.1, -0.05) is 17.7 Å². The number of carbonyl (C=O) groups excluding carboxylic acids is 2. The van der Waals surface area contributed by atoms with Gasteiger partial charge in [0.25, 0.3) is 0 Å². The number of anilines is 2. The molecule has 1 aromatic heterocycles. The Kier molecular flexibility index (Phi) is 3.89. The van der Waals surface area contributed by atoms with Crippen LogP contribution in [0.4, 0.5) is 11.4 Å². The van der Waals surface area contributed by atoms with Gasteiger partial charge < -0.3 is 10.2 Å². The van der Waals surface area contributed by atoms with Gasteiger partial charge in [-0.25, -0.2) is 0 Å². The van der Waals surface area contributed by atoms with E-state index < -0.39 is 5.92 Å². The molecule has 0 saturated carbocycles. The molecule has 1 fully saturated rings. The highest BCUT2D eigenvalue weighted by Crippen LogP contribution is 2.28. The minimum Gasteiger partial charge on any atom is -0.326 e. The van der Waals surface area contributed by atoms with Crippen molar-refractivity contribution >= 4 is 45.7 Å². The Hall–Kier alpha value is -2.86. The Morgan fingerprint density at radius 1 is 1.28 bits per heavy atom. The smallest absolute Gasteiger partial charge is 0.229 e. The molecule has 2 aromatic carbocycles. The summed E-state index contributed by atoms with van der Waals surface area (Å²) in [6.07, 6.45) is 1.89. The van der Waals surface area contributed by atoms with Crippen molar-refractivity contribution in [2.75, 3.05) is 16.8 Å². The van der Waals surface area contributed by atoms with Gasteiger partial charge in [-0.05, 0) is 36.4 Å². The summed E-state index contributed by atoms with van der Waals surface area (Å²) in [4.78, 5) is 26.4. The molecule has 1 aliphatic heterocycles. The van der Waals surface area contributed by atoms with Crippen LogP contribution >= 0.6 is 11.6 Å².